The van der Waals surface area contributed by atoms with Crippen molar-refractivity contribution in [3.05, 3.63) is 28.5 Å². The minimum absolute atomic E-state index is 0.302. The van der Waals surface area contributed by atoms with E-state index in [2.05, 4.69) is 21.2 Å². The van der Waals surface area contributed by atoms with E-state index in [0.29, 0.717) is 18.3 Å². The van der Waals surface area contributed by atoms with Crippen LogP contribution in [0.1, 0.15) is 6.42 Å². The van der Waals surface area contributed by atoms with Gasteiger partial charge in [-0.2, -0.15) is 0 Å². The third kappa shape index (κ3) is 2.92. The number of nitrogens with one attached hydrogen (secondary N) is 1. The van der Waals surface area contributed by atoms with Crippen LogP contribution in [0.2, 0.25) is 0 Å². The Morgan fingerprint density at radius 1 is 1.53 bits per heavy atom. The van der Waals surface area contributed by atoms with Gasteiger partial charge in [-0.25, -0.2) is 4.39 Å². The third-order valence-corrected chi connectivity index (χ3v) is 3.02. The molecule has 1 fully saturated rings. The number of hydrogen-bond donors (Lipinski definition) is 1. The highest BCUT2D eigenvalue weighted by molar-refractivity contribution is 9.10. The van der Waals surface area contributed by atoms with Gasteiger partial charge >= 0.3 is 0 Å². The van der Waals surface area contributed by atoms with Crippen LogP contribution in [0, 0.1) is 11.7 Å². The van der Waals surface area contributed by atoms with Crippen LogP contribution in [0.5, 0.6) is 5.75 Å². The molecular weight excluding hydrogens is 261 g/mol. The molecule has 0 spiro atoms. The molecule has 1 heterocycles. The molecule has 1 atom stereocenters. The average molecular weight is 274 g/mol. The van der Waals surface area contributed by atoms with Gasteiger partial charge in [0, 0.05) is 16.9 Å². The van der Waals surface area contributed by atoms with Crippen molar-refractivity contribution in [2.24, 2.45) is 5.92 Å². The normalized spacial score (nSPS) is 20.5. The summed E-state index contributed by atoms with van der Waals surface area (Å²) < 4.78 is 19.6. The predicted octanol–water partition coefficient (Wildman–Crippen LogP) is 2.58. The molecule has 1 N–H and O–H groups in total. The van der Waals surface area contributed by atoms with Crippen LogP contribution >= 0.6 is 15.9 Å². The van der Waals surface area contributed by atoms with Gasteiger partial charge in [0.25, 0.3) is 0 Å². The summed E-state index contributed by atoms with van der Waals surface area (Å²) in [5, 5.41) is 3.25. The number of ether oxygens (including phenoxy) is 1. The zero-order chi connectivity index (χ0) is 10.7. The number of rotatable bonds is 3. The quantitative estimate of drug-likeness (QED) is 0.914. The number of benzene rings is 1. The summed E-state index contributed by atoms with van der Waals surface area (Å²) in [7, 11) is 0. The molecule has 1 unspecified atom stereocenters. The Bertz CT molecular complexity index is 339. The number of halogens is 2. The molecule has 2 rings (SSSR count). The molecule has 0 saturated carbocycles. The Hall–Kier alpha value is -0.610. The second-order valence-corrected chi connectivity index (χ2v) is 4.66. The maximum absolute atomic E-state index is 13.3. The Labute approximate surface area is 96.9 Å². The van der Waals surface area contributed by atoms with Gasteiger partial charge in [-0.3, -0.25) is 0 Å². The molecule has 0 radical (unpaired) electrons. The first-order valence-corrected chi connectivity index (χ1v) is 5.83. The molecule has 1 aromatic rings. The van der Waals surface area contributed by atoms with E-state index in [1.54, 1.807) is 12.1 Å². The fourth-order valence-corrected chi connectivity index (χ4v) is 1.99. The van der Waals surface area contributed by atoms with Gasteiger partial charge in [0.2, 0.25) is 0 Å². The van der Waals surface area contributed by atoms with Crippen LogP contribution in [0.4, 0.5) is 4.39 Å². The molecule has 1 saturated heterocycles. The van der Waals surface area contributed by atoms with Gasteiger partial charge in [0.1, 0.15) is 0 Å². The maximum atomic E-state index is 13.3. The smallest absolute Gasteiger partial charge is 0.165 e. The molecule has 4 heteroatoms. The topological polar surface area (TPSA) is 21.3 Å². The van der Waals surface area contributed by atoms with E-state index in [1.165, 1.54) is 6.07 Å². The molecule has 82 valence electrons. The highest BCUT2D eigenvalue weighted by atomic mass is 79.9. The van der Waals surface area contributed by atoms with Crippen LogP contribution in [0.3, 0.4) is 0 Å². The standard InChI is InChI=1S/C11H13BrFNO/c12-9-1-2-10(13)11(5-9)15-7-8-3-4-14-6-8/h1-2,5,8,14H,3-4,6-7H2. The van der Waals surface area contributed by atoms with Gasteiger partial charge in [0.15, 0.2) is 11.6 Å². The largest absolute Gasteiger partial charge is 0.490 e. The highest BCUT2D eigenvalue weighted by Gasteiger charge is 2.15. The summed E-state index contributed by atoms with van der Waals surface area (Å²) in [5.41, 5.74) is 0. The second kappa shape index (κ2) is 4.94. The maximum Gasteiger partial charge on any atom is 0.165 e. The molecule has 0 bridgehead atoms. The Balaban J connectivity index is 1.94. The monoisotopic (exact) mass is 273 g/mol. The van der Waals surface area contributed by atoms with E-state index in [0.717, 1.165) is 24.0 Å². The summed E-state index contributed by atoms with van der Waals surface area (Å²) in [6.07, 6.45) is 1.11. The van der Waals surface area contributed by atoms with Gasteiger partial charge in [0.05, 0.1) is 6.61 Å². The second-order valence-electron chi connectivity index (χ2n) is 3.74. The van der Waals surface area contributed by atoms with Crippen LogP contribution in [0.15, 0.2) is 22.7 Å². The molecule has 1 aliphatic rings. The van der Waals surface area contributed by atoms with Crippen molar-refractivity contribution in [2.75, 3.05) is 19.7 Å². The van der Waals surface area contributed by atoms with Crippen LogP contribution in [-0.2, 0) is 0 Å². The van der Waals surface area contributed by atoms with E-state index in [9.17, 15) is 4.39 Å². The van der Waals surface area contributed by atoms with Gasteiger partial charge in [-0.15, -0.1) is 0 Å². The lowest BCUT2D eigenvalue weighted by Crippen LogP contribution is -2.15. The molecule has 0 amide bonds. The highest BCUT2D eigenvalue weighted by Crippen LogP contribution is 2.23. The van der Waals surface area contributed by atoms with Gasteiger partial charge < -0.3 is 10.1 Å². The lowest BCUT2D eigenvalue weighted by molar-refractivity contribution is 0.249. The molecule has 1 aromatic carbocycles. The van der Waals surface area contributed by atoms with Crippen molar-refractivity contribution < 1.29 is 9.13 Å². The van der Waals surface area contributed by atoms with Crippen LogP contribution < -0.4 is 10.1 Å². The SMILES string of the molecule is Fc1ccc(Br)cc1OCC1CCNC1. The summed E-state index contributed by atoms with van der Waals surface area (Å²) in [6, 6.07) is 4.74. The summed E-state index contributed by atoms with van der Waals surface area (Å²) in [5.74, 6) is 0.531. The fourth-order valence-electron chi connectivity index (χ4n) is 1.65. The minimum atomic E-state index is -0.302. The zero-order valence-corrected chi connectivity index (χ0v) is 9.89. The lowest BCUT2D eigenvalue weighted by Gasteiger charge is -2.11. The Kier molecular flexibility index (Phi) is 3.59. The Morgan fingerprint density at radius 3 is 3.13 bits per heavy atom. The average Bonchev–Trinajstić information content (AvgIpc) is 2.72. The first-order valence-electron chi connectivity index (χ1n) is 5.04. The zero-order valence-electron chi connectivity index (χ0n) is 8.30. The molecule has 15 heavy (non-hydrogen) atoms. The van der Waals surface area contributed by atoms with Crippen molar-refractivity contribution in [1.29, 1.82) is 0 Å². The molecule has 1 aliphatic heterocycles. The summed E-state index contributed by atoms with van der Waals surface area (Å²) in [6.45, 7) is 2.59. The van der Waals surface area contributed by atoms with Gasteiger partial charge in [-0.05, 0) is 31.2 Å². The summed E-state index contributed by atoms with van der Waals surface area (Å²) in [4.78, 5) is 0. The van der Waals surface area contributed by atoms with Gasteiger partial charge in [-0.1, -0.05) is 15.9 Å². The third-order valence-electron chi connectivity index (χ3n) is 2.53. The molecule has 0 aliphatic carbocycles. The lowest BCUT2D eigenvalue weighted by atomic mass is 10.1. The van der Waals surface area contributed by atoms with E-state index >= 15 is 0 Å². The van der Waals surface area contributed by atoms with E-state index < -0.39 is 0 Å². The first-order chi connectivity index (χ1) is 7.25. The van der Waals surface area contributed by atoms with Crippen LogP contribution in [-0.4, -0.2) is 19.7 Å². The van der Waals surface area contributed by atoms with Crippen molar-refractivity contribution in [3.63, 3.8) is 0 Å². The number of hydrogen-bond acceptors (Lipinski definition) is 2. The Morgan fingerprint density at radius 2 is 2.40 bits per heavy atom. The van der Waals surface area contributed by atoms with Crippen LogP contribution in [0.25, 0.3) is 0 Å². The molecule has 0 aromatic heterocycles. The molecule has 2 nitrogen and oxygen atoms in total. The minimum Gasteiger partial charge on any atom is -0.490 e. The van der Waals surface area contributed by atoms with E-state index in [1.807, 2.05) is 0 Å². The van der Waals surface area contributed by atoms with Crippen molar-refractivity contribution in [1.82, 2.24) is 5.32 Å². The van der Waals surface area contributed by atoms with E-state index in [4.69, 9.17) is 4.74 Å². The first kappa shape index (κ1) is 10.9. The van der Waals surface area contributed by atoms with E-state index in [-0.39, 0.29) is 5.82 Å². The van der Waals surface area contributed by atoms with Crippen molar-refractivity contribution in [2.45, 2.75) is 6.42 Å². The summed E-state index contributed by atoms with van der Waals surface area (Å²) >= 11 is 3.29. The van der Waals surface area contributed by atoms with Crippen molar-refractivity contribution in [3.8, 4) is 5.75 Å². The molecular formula is C11H13BrFNO. The van der Waals surface area contributed by atoms with Crippen molar-refractivity contribution >= 4 is 15.9 Å². The fraction of sp³-hybridized carbons (Fsp3) is 0.455. The predicted molar refractivity (Wildman–Crippen MR) is 60.6 cm³/mol.